The second-order valence-electron chi connectivity index (χ2n) is 8.28. The fraction of sp³-hybridized carbons (Fsp3) is 0.478. The Morgan fingerprint density at radius 3 is 2.42 bits per heavy atom. The van der Waals surface area contributed by atoms with Gasteiger partial charge in [-0.1, -0.05) is 62.4 Å². The van der Waals surface area contributed by atoms with E-state index < -0.39 is 0 Å². The smallest absolute Gasteiger partial charge is 0.0545 e. The molecule has 0 saturated carbocycles. The minimum atomic E-state index is 0.579. The number of para-hydroxylation sites is 1. The molecule has 4 rings (SSSR count). The molecule has 0 radical (unpaired) electrons. The molecule has 0 aromatic heterocycles. The van der Waals surface area contributed by atoms with E-state index in [1.165, 1.54) is 23.4 Å². The van der Waals surface area contributed by atoms with Gasteiger partial charge in [0.2, 0.25) is 0 Å². The lowest BCUT2D eigenvalue weighted by atomic mass is 10.1. The third-order valence-electron chi connectivity index (χ3n) is 5.60. The van der Waals surface area contributed by atoms with Gasteiger partial charge in [0, 0.05) is 51.5 Å². The predicted octanol–water partition coefficient (Wildman–Crippen LogP) is 3.85. The molecule has 0 aliphatic carbocycles. The monoisotopic (exact) mass is 349 g/mol. The Morgan fingerprint density at radius 1 is 0.885 bits per heavy atom. The van der Waals surface area contributed by atoms with Gasteiger partial charge in [0.25, 0.3) is 0 Å². The SMILES string of the molecule is CC(C)CN1Cc2ccccc2N2CCN(Cc3ccccc3)CC2C1. The molecular weight excluding hydrogens is 318 g/mol. The molecule has 1 unspecified atom stereocenters. The van der Waals surface area contributed by atoms with E-state index in [4.69, 9.17) is 0 Å². The summed E-state index contributed by atoms with van der Waals surface area (Å²) in [5, 5.41) is 0. The molecule has 1 saturated heterocycles. The van der Waals surface area contributed by atoms with Gasteiger partial charge in [0.1, 0.15) is 0 Å². The summed E-state index contributed by atoms with van der Waals surface area (Å²) < 4.78 is 0. The first-order valence-electron chi connectivity index (χ1n) is 10.0. The van der Waals surface area contributed by atoms with Gasteiger partial charge in [-0.2, -0.15) is 0 Å². The minimum absolute atomic E-state index is 0.579. The first-order valence-corrected chi connectivity index (χ1v) is 10.0. The van der Waals surface area contributed by atoms with Gasteiger partial charge in [0.15, 0.2) is 0 Å². The zero-order valence-electron chi connectivity index (χ0n) is 16.1. The van der Waals surface area contributed by atoms with Crippen molar-refractivity contribution in [3.8, 4) is 0 Å². The molecule has 1 atom stereocenters. The number of hydrogen-bond donors (Lipinski definition) is 0. The molecule has 2 heterocycles. The Morgan fingerprint density at radius 2 is 1.62 bits per heavy atom. The van der Waals surface area contributed by atoms with Crippen LogP contribution in [0.4, 0.5) is 5.69 Å². The molecule has 0 spiro atoms. The van der Waals surface area contributed by atoms with Crippen LogP contribution >= 0.6 is 0 Å². The van der Waals surface area contributed by atoms with Crippen LogP contribution in [0.5, 0.6) is 0 Å². The zero-order chi connectivity index (χ0) is 17.9. The summed E-state index contributed by atoms with van der Waals surface area (Å²) >= 11 is 0. The zero-order valence-corrected chi connectivity index (χ0v) is 16.1. The van der Waals surface area contributed by atoms with Gasteiger partial charge in [-0.3, -0.25) is 9.80 Å². The van der Waals surface area contributed by atoms with E-state index in [1.807, 2.05) is 0 Å². The summed E-state index contributed by atoms with van der Waals surface area (Å²) in [6, 6.07) is 20.5. The van der Waals surface area contributed by atoms with Crippen LogP contribution < -0.4 is 4.90 Å². The van der Waals surface area contributed by atoms with E-state index in [0.717, 1.165) is 39.3 Å². The Hall–Kier alpha value is -1.84. The van der Waals surface area contributed by atoms with Crippen LogP contribution in [0.1, 0.15) is 25.0 Å². The third kappa shape index (κ3) is 3.94. The second kappa shape index (κ2) is 7.81. The Kier molecular flexibility index (Phi) is 5.28. The molecule has 0 amide bonds. The van der Waals surface area contributed by atoms with Crippen LogP contribution in [-0.2, 0) is 13.1 Å². The van der Waals surface area contributed by atoms with E-state index in [2.05, 4.69) is 83.1 Å². The largest absolute Gasteiger partial charge is 0.364 e. The molecule has 3 nitrogen and oxygen atoms in total. The molecule has 2 aromatic carbocycles. The molecule has 26 heavy (non-hydrogen) atoms. The summed E-state index contributed by atoms with van der Waals surface area (Å²) in [5.74, 6) is 0.706. The first kappa shape index (κ1) is 17.6. The maximum atomic E-state index is 2.68. The Balaban J connectivity index is 1.54. The molecule has 2 aliphatic heterocycles. The standard InChI is InChI=1S/C23H31N3/c1-19(2)14-25-16-21-10-6-7-11-23(21)26-13-12-24(17-22(26)18-25)15-20-8-4-3-5-9-20/h3-11,19,22H,12-18H2,1-2H3. The van der Waals surface area contributed by atoms with Crippen molar-refractivity contribution < 1.29 is 0 Å². The van der Waals surface area contributed by atoms with Crippen LogP contribution in [0.3, 0.4) is 0 Å². The molecule has 0 N–H and O–H groups in total. The van der Waals surface area contributed by atoms with E-state index in [9.17, 15) is 0 Å². The van der Waals surface area contributed by atoms with Crippen molar-refractivity contribution in [1.82, 2.24) is 9.80 Å². The van der Waals surface area contributed by atoms with Crippen molar-refractivity contribution in [3.63, 3.8) is 0 Å². The first-order chi connectivity index (χ1) is 12.7. The normalized spacial score (nSPS) is 21.3. The summed E-state index contributed by atoms with van der Waals surface area (Å²) in [5.41, 5.74) is 4.38. The molecular formula is C23H31N3. The summed E-state index contributed by atoms with van der Waals surface area (Å²) in [6.45, 7) is 12.6. The summed E-state index contributed by atoms with van der Waals surface area (Å²) in [4.78, 5) is 7.98. The van der Waals surface area contributed by atoms with Crippen molar-refractivity contribution in [2.24, 2.45) is 5.92 Å². The van der Waals surface area contributed by atoms with Gasteiger partial charge in [-0.05, 0) is 23.1 Å². The summed E-state index contributed by atoms with van der Waals surface area (Å²) in [7, 11) is 0. The van der Waals surface area contributed by atoms with Crippen molar-refractivity contribution in [2.75, 3.05) is 37.6 Å². The minimum Gasteiger partial charge on any atom is -0.364 e. The lowest BCUT2D eigenvalue weighted by Crippen LogP contribution is -2.56. The lowest BCUT2D eigenvalue weighted by Gasteiger charge is -2.43. The van der Waals surface area contributed by atoms with Crippen molar-refractivity contribution in [1.29, 1.82) is 0 Å². The van der Waals surface area contributed by atoms with Crippen LogP contribution in [0.2, 0.25) is 0 Å². The number of nitrogens with zero attached hydrogens (tertiary/aromatic N) is 3. The lowest BCUT2D eigenvalue weighted by molar-refractivity contribution is 0.168. The van der Waals surface area contributed by atoms with Crippen molar-refractivity contribution >= 4 is 5.69 Å². The highest BCUT2D eigenvalue weighted by Gasteiger charge is 2.32. The van der Waals surface area contributed by atoms with Crippen LogP contribution in [-0.4, -0.2) is 48.6 Å². The van der Waals surface area contributed by atoms with Gasteiger partial charge >= 0.3 is 0 Å². The second-order valence-corrected chi connectivity index (χ2v) is 8.28. The maximum absolute atomic E-state index is 2.68. The highest BCUT2D eigenvalue weighted by Crippen LogP contribution is 2.30. The average Bonchev–Trinajstić information content (AvgIpc) is 2.77. The summed E-state index contributed by atoms with van der Waals surface area (Å²) in [6.07, 6.45) is 0. The molecule has 0 bridgehead atoms. The highest BCUT2D eigenvalue weighted by molar-refractivity contribution is 5.56. The molecule has 2 aliphatic rings. The molecule has 2 aromatic rings. The van der Waals surface area contributed by atoms with E-state index in [-0.39, 0.29) is 0 Å². The van der Waals surface area contributed by atoms with Gasteiger partial charge in [-0.15, -0.1) is 0 Å². The van der Waals surface area contributed by atoms with Crippen LogP contribution in [0, 0.1) is 5.92 Å². The van der Waals surface area contributed by atoms with Crippen molar-refractivity contribution in [3.05, 3.63) is 65.7 Å². The number of hydrogen-bond acceptors (Lipinski definition) is 3. The Bertz CT molecular complexity index is 712. The average molecular weight is 350 g/mol. The number of anilines is 1. The predicted molar refractivity (Wildman–Crippen MR) is 109 cm³/mol. The fourth-order valence-corrected chi connectivity index (χ4v) is 4.56. The Labute approximate surface area is 158 Å². The van der Waals surface area contributed by atoms with Crippen molar-refractivity contribution in [2.45, 2.75) is 33.0 Å². The fourth-order valence-electron chi connectivity index (χ4n) is 4.56. The molecule has 3 heteroatoms. The topological polar surface area (TPSA) is 9.72 Å². The van der Waals surface area contributed by atoms with E-state index in [0.29, 0.717) is 12.0 Å². The maximum Gasteiger partial charge on any atom is 0.0545 e. The van der Waals surface area contributed by atoms with Gasteiger partial charge in [0.05, 0.1) is 6.04 Å². The van der Waals surface area contributed by atoms with E-state index >= 15 is 0 Å². The van der Waals surface area contributed by atoms with Crippen LogP contribution in [0.25, 0.3) is 0 Å². The number of rotatable bonds is 4. The van der Waals surface area contributed by atoms with Gasteiger partial charge < -0.3 is 4.90 Å². The molecule has 138 valence electrons. The third-order valence-corrected chi connectivity index (χ3v) is 5.60. The number of fused-ring (bicyclic) bond motifs is 3. The number of piperazine rings is 1. The quantitative estimate of drug-likeness (QED) is 0.830. The highest BCUT2D eigenvalue weighted by atomic mass is 15.3. The van der Waals surface area contributed by atoms with Crippen LogP contribution in [0.15, 0.2) is 54.6 Å². The van der Waals surface area contributed by atoms with E-state index in [1.54, 1.807) is 0 Å². The molecule has 1 fully saturated rings. The number of benzene rings is 2. The van der Waals surface area contributed by atoms with Gasteiger partial charge in [-0.25, -0.2) is 0 Å².